The van der Waals surface area contributed by atoms with Gasteiger partial charge in [-0.15, -0.1) is 0 Å². The summed E-state index contributed by atoms with van der Waals surface area (Å²) in [6.07, 6.45) is 1.36. The standard InChI is InChI=1S/C14H22O2/c1-5-13(16-4)14(11(2)15-3)12-9-7-6-8-10-12/h6-11,13-14H,5H2,1-4H3. The van der Waals surface area contributed by atoms with Crippen molar-refractivity contribution in [1.82, 2.24) is 0 Å². The van der Waals surface area contributed by atoms with Crippen molar-refractivity contribution < 1.29 is 9.47 Å². The second-order valence-electron chi connectivity index (χ2n) is 4.06. The van der Waals surface area contributed by atoms with Gasteiger partial charge in [0.2, 0.25) is 0 Å². The zero-order valence-corrected chi connectivity index (χ0v) is 10.6. The molecule has 0 fully saturated rings. The number of methoxy groups -OCH3 is 2. The van der Waals surface area contributed by atoms with E-state index < -0.39 is 0 Å². The molecule has 0 amide bonds. The molecule has 0 saturated carbocycles. The van der Waals surface area contributed by atoms with Gasteiger partial charge in [0.15, 0.2) is 0 Å². The van der Waals surface area contributed by atoms with E-state index in [0.29, 0.717) is 5.92 Å². The Kier molecular flexibility index (Phi) is 5.50. The molecule has 3 unspecified atom stereocenters. The minimum atomic E-state index is 0.160. The maximum Gasteiger partial charge on any atom is 0.0662 e. The zero-order valence-electron chi connectivity index (χ0n) is 10.6. The number of rotatable bonds is 6. The first kappa shape index (κ1) is 13.2. The lowest BCUT2D eigenvalue weighted by Gasteiger charge is -2.30. The average Bonchev–Trinajstić information content (AvgIpc) is 2.36. The van der Waals surface area contributed by atoms with Crippen LogP contribution in [0.3, 0.4) is 0 Å². The molecule has 0 aliphatic heterocycles. The Morgan fingerprint density at radius 3 is 2.12 bits per heavy atom. The van der Waals surface area contributed by atoms with Gasteiger partial charge in [0.05, 0.1) is 12.2 Å². The van der Waals surface area contributed by atoms with Crippen molar-refractivity contribution in [2.45, 2.75) is 38.4 Å². The van der Waals surface area contributed by atoms with E-state index in [4.69, 9.17) is 9.47 Å². The molecule has 16 heavy (non-hydrogen) atoms. The third-order valence-electron chi connectivity index (χ3n) is 3.17. The van der Waals surface area contributed by atoms with E-state index in [1.807, 2.05) is 6.07 Å². The van der Waals surface area contributed by atoms with Crippen molar-refractivity contribution >= 4 is 0 Å². The van der Waals surface area contributed by atoms with Crippen LogP contribution >= 0.6 is 0 Å². The summed E-state index contributed by atoms with van der Waals surface area (Å²) in [4.78, 5) is 0. The van der Waals surface area contributed by atoms with Gasteiger partial charge in [0, 0.05) is 20.1 Å². The van der Waals surface area contributed by atoms with E-state index in [0.717, 1.165) is 6.42 Å². The second kappa shape index (κ2) is 6.66. The fraction of sp³-hybridized carbons (Fsp3) is 0.571. The Morgan fingerprint density at radius 1 is 1.06 bits per heavy atom. The molecule has 90 valence electrons. The van der Waals surface area contributed by atoms with Gasteiger partial charge in [-0.05, 0) is 18.9 Å². The highest BCUT2D eigenvalue weighted by Crippen LogP contribution is 2.28. The molecule has 1 aromatic carbocycles. The third-order valence-corrected chi connectivity index (χ3v) is 3.17. The van der Waals surface area contributed by atoms with Crippen LogP contribution < -0.4 is 0 Å². The van der Waals surface area contributed by atoms with E-state index >= 15 is 0 Å². The van der Waals surface area contributed by atoms with Crippen molar-refractivity contribution in [2.24, 2.45) is 0 Å². The lowest BCUT2D eigenvalue weighted by atomic mass is 9.87. The Balaban J connectivity index is 2.95. The SMILES string of the molecule is CCC(OC)C(c1ccccc1)C(C)OC. The molecule has 2 nitrogen and oxygen atoms in total. The number of hydrogen-bond donors (Lipinski definition) is 0. The van der Waals surface area contributed by atoms with Crippen LogP contribution in [0.25, 0.3) is 0 Å². The summed E-state index contributed by atoms with van der Waals surface area (Å²) < 4.78 is 11.0. The van der Waals surface area contributed by atoms with Gasteiger partial charge in [-0.3, -0.25) is 0 Å². The van der Waals surface area contributed by atoms with Gasteiger partial charge in [-0.1, -0.05) is 37.3 Å². The molecule has 0 saturated heterocycles. The average molecular weight is 222 g/mol. The number of ether oxygens (including phenoxy) is 2. The van der Waals surface area contributed by atoms with E-state index in [2.05, 4.69) is 38.1 Å². The van der Waals surface area contributed by atoms with Crippen LogP contribution in [0.5, 0.6) is 0 Å². The van der Waals surface area contributed by atoms with Crippen LogP contribution in [0.15, 0.2) is 30.3 Å². The highest BCUT2D eigenvalue weighted by atomic mass is 16.5. The number of hydrogen-bond acceptors (Lipinski definition) is 2. The molecule has 0 radical (unpaired) electrons. The Bertz CT molecular complexity index is 280. The van der Waals surface area contributed by atoms with Gasteiger partial charge < -0.3 is 9.47 Å². The predicted molar refractivity (Wildman–Crippen MR) is 66.7 cm³/mol. The first-order valence-electron chi connectivity index (χ1n) is 5.85. The summed E-state index contributed by atoms with van der Waals surface area (Å²) in [7, 11) is 3.52. The fourth-order valence-corrected chi connectivity index (χ4v) is 2.18. The largest absolute Gasteiger partial charge is 0.381 e. The maximum atomic E-state index is 5.56. The highest BCUT2D eigenvalue weighted by molar-refractivity contribution is 5.22. The van der Waals surface area contributed by atoms with E-state index in [9.17, 15) is 0 Å². The normalized spacial score (nSPS) is 16.8. The Morgan fingerprint density at radius 2 is 1.69 bits per heavy atom. The molecule has 0 aliphatic rings. The lowest BCUT2D eigenvalue weighted by Crippen LogP contribution is -2.30. The Labute approximate surface area is 98.6 Å². The van der Waals surface area contributed by atoms with Crippen LogP contribution in [0.2, 0.25) is 0 Å². The predicted octanol–water partition coefficient (Wildman–Crippen LogP) is 3.23. The van der Waals surface area contributed by atoms with Crippen LogP contribution in [0.1, 0.15) is 31.7 Å². The highest BCUT2D eigenvalue weighted by Gasteiger charge is 2.27. The van der Waals surface area contributed by atoms with Gasteiger partial charge in [-0.25, -0.2) is 0 Å². The van der Waals surface area contributed by atoms with Crippen LogP contribution in [-0.2, 0) is 9.47 Å². The Hall–Kier alpha value is -0.860. The smallest absolute Gasteiger partial charge is 0.0662 e. The molecular weight excluding hydrogens is 200 g/mol. The maximum absolute atomic E-state index is 5.56. The van der Waals surface area contributed by atoms with Crippen LogP contribution in [0.4, 0.5) is 0 Å². The van der Waals surface area contributed by atoms with Crippen molar-refractivity contribution in [1.29, 1.82) is 0 Å². The van der Waals surface area contributed by atoms with Gasteiger partial charge in [0.1, 0.15) is 0 Å². The summed E-state index contributed by atoms with van der Waals surface area (Å²) in [6, 6.07) is 10.4. The molecule has 2 heteroatoms. The van der Waals surface area contributed by atoms with Crippen molar-refractivity contribution in [3.63, 3.8) is 0 Å². The molecule has 0 bridgehead atoms. The number of benzene rings is 1. The molecule has 0 spiro atoms. The second-order valence-corrected chi connectivity index (χ2v) is 4.06. The third kappa shape index (κ3) is 3.06. The summed E-state index contributed by atoms with van der Waals surface area (Å²) >= 11 is 0. The van der Waals surface area contributed by atoms with Crippen LogP contribution in [-0.4, -0.2) is 26.4 Å². The van der Waals surface area contributed by atoms with E-state index in [1.165, 1.54) is 5.56 Å². The summed E-state index contributed by atoms with van der Waals surface area (Å²) in [5.74, 6) is 0.293. The monoisotopic (exact) mass is 222 g/mol. The van der Waals surface area contributed by atoms with Crippen molar-refractivity contribution in [2.75, 3.05) is 14.2 Å². The topological polar surface area (TPSA) is 18.5 Å². The lowest BCUT2D eigenvalue weighted by molar-refractivity contribution is 0.00639. The van der Waals surface area contributed by atoms with Crippen LogP contribution in [0, 0.1) is 0 Å². The first-order valence-corrected chi connectivity index (χ1v) is 5.85. The van der Waals surface area contributed by atoms with E-state index in [1.54, 1.807) is 14.2 Å². The summed E-state index contributed by atoms with van der Waals surface area (Å²) in [5.41, 5.74) is 1.28. The van der Waals surface area contributed by atoms with Gasteiger partial charge in [0.25, 0.3) is 0 Å². The minimum absolute atomic E-state index is 0.160. The van der Waals surface area contributed by atoms with Crippen molar-refractivity contribution in [3.05, 3.63) is 35.9 Å². The summed E-state index contributed by atoms with van der Waals surface area (Å²) in [6.45, 7) is 4.24. The molecule has 0 aliphatic carbocycles. The van der Waals surface area contributed by atoms with Gasteiger partial charge >= 0.3 is 0 Å². The molecule has 1 aromatic rings. The van der Waals surface area contributed by atoms with Gasteiger partial charge in [-0.2, -0.15) is 0 Å². The molecule has 0 aromatic heterocycles. The molecule has 0 N–H and O–H groups in total. The van der Waals surface area contributed by atoms with E-state index in [-0.39, 0.29) is 12.2 Å². The quantitative estimate of drug-likeness (QED) is 0.735. The molecule has 0 heterocycles. The fourth-order valence-electron chi connectivity index (χ4n) is 2.18. The first-order chi connectivity index (χ1) is 7.74. The zero-order chi connectivity index (χ0) is 12.0. The molecular formula is C14H22O2. The molecule has 1 rings (SSSR count). The summed E-state index contributed by atoms with van der Waals surface area (Å²) in [5, 5.41) is 0. The molecule has 3 atom stereocenters. The minimum Gasteiger partial charge on any atom is -0.381 e. The van der Waals surface area contributed by atoms with Crippen molar-refractivity contribution in [3.8, 4) is 0 Å².